The third-order valence-electron chi connectivity index (χ3n) is 3.97. The molecule has 0 aliphatic rings. The van der Waals surface area contributed by atoms with Crippen LogP contribution in [-0.2, 0) is 28.7 Å². The van der Waals surface area contributed by atoms with Crippen LogP contribution >= 0.6 is 11.8 Å². The Kier molecular flexibility index (Phi) is 12.4. The van der Waals surface area contributed by atoms with E-state index in [0.29, 0.717) is 19.5 Å². The first-order valence-corrected chi connectivity index (χ1v) is 10.1. The Bertz CT molecular complexity index is 548. The van der Waals surface area contributed by atoms with Crippen molar-refractivity contribution in [3.8, 4) is 0 Å². The Morgan fingerprint density at radius 3 is 2.11 bits per heavy atom. The SMILES string of the molecule is CCOC(=O)C(=O)CC(=O)SCC(NC(=O)C(C)CC)C(=O)N(CC)CC. The predicted molar refractivity (Wildman–Crippen MR) is 103 cm³/mol. The van der Waals surface area contributed by atoms with Gasteiger partial charge < -0.3 is 15.0 Å². The fourth-order valence-corrected chi connectivity index (χ4v) is 2.88. The number of likely N-dealkylation sites (N-methyl/N-ethyl adjacent to an activating group) is 1. The summed E-state index contributed by atoms with van der Waals surface area (Å²) in [5, 5.41) is 2.14. The van der Waals surface area contributed by atoms with Gasteiger partial charge in [0.25, 0.3) is 0 Å². The Labute approximate surface area is 164 Å². The number of carbonyl (C=O) groups excluding carboxylic acids is 5. The number of ketones is 1. The summed E-state index contributed by atoms with van der Waals surface area (Å²) in [6.45, 7) is 9.83. The number of Topliss-reactive ketones (excluding diaryl/α,β-unsaturated/α-hetero) is 1. The summed E-state index contributed by atoms with van der Waals surface area (Å²) >= 11 is 0.747. The summed E-state index contributed by atoms with van der Waals surface area (Å²) in [6.07, 6.45) is 0.0210. The summed E-state index contributed by atoms with van der Waals surface area (Å²) in [4.78, 5) is 61.2. The zero-order valence-electron chi connectivity index (χ0n) is 16.7. The van der Waals surface area contributed by atoms with Gasteiger partial charge in [0.15, 0.2) is 5.12 Å². The van der Waals surface area contributed by atoms with Crippen LogP contribution in [-0.4, -0.2) is 65.1 Å². The van der Waals surface area contributed by atoms with Crippen molar-refractivity contribution in [2.75, 3.05) is 25.4 Å². The van der Waals surface area contributed by atoms with Gasteiger partial charge in [0.05, 0.1) is 13.0 Å². The summed E-state index contributed by atoms with van der Waals surface area (Å²) < 4.78 is 4.55. The van der Waals surface area contributed by atoms with E-state index in [1.807, 2.05) is 20.8 Å². The molecule has 0 aromatic heterocycles. The number of nitrogens with zero attached hydrogens (tertiary/aromatic N) is 1. The largest absolute Gasteiger partial charge is 0.460 e. The molecule has 0 rings (SSSR count). The van der Waals surface area contributed by atoms with Gasteiger partial charge in [-0.3, -0.25) is 19.2 Å². The monoisotopic (exact) mass is 402 g/mol. The highest BCUT2D eigenvalue weighted by Crippen LogP contribution is 2.12. The molecule has 0 aliphatic carbocycles. The molecule has 0 aliphatic heterocycles. The molecule has 2 unspecified atom stereocenters. The molecule has 0 bridgehead atoms. The molecule has 0 fully saturated rings. The second kappa shape index (κ2) is 13.3. The predicted octanol–water partition coefficient (Wildman–Crippen LogP) is 1.17. The van der Waals surface area contributed by atoms with Crippen LogP contribution in [0.3, 0.4) is 0 Å². The van der Waals surface area contributed by atoms with E-state index in [1.165, 1.54) is 0 Å². The molecule has 2 amide bonds. The van der Waals surface area contributed by atoms with Gasteiger partial charge in [-0.05, 0) is 27.2 Å². The normalized spacial score (nSPS) is 12.6. The van der Waals surface area contributed by atoms with Crippen molar-refractivity contribution in [1.29, 1.82) is 0 Å². The fourth-order valence-electron chi connectivity index (χ4n) is 2.07. The number of ether oxygens (including phenoxy) is 1. The van der Waals surface area contributed by atoms with Crippen molar-refractivity contribution in [3.05, 3.63) is 0 Å². The maximum Gasteiger partial charge on any atom is 0.375 e. The van der Waals surface area contributed by atoms with E-state index in [2.05, 4.69) is 10.1 Å². The van der Waals surface area contributed by atoms with Crippen molar-refractivity contribution in [3.63, 3.8) is 0 Å². The first kappa shape index (κ1) is 25.1. The molecule has 0 heterocycles. The minimum atomic E-state index is -1.05. The third-order valence-corrected chi connectivity index (χ3v) is 4.93. The van der Waals surface area contributed by atoms with Crippen molar-refractivity contribution in [1.82, 2.24) is 10.2 Å². The quantitative estimate of drug-likeness (QED) is 0.296. The molecule has 1 N–H and O–H groups in total. The lowest BCUT2D eigenvalue weighted by atomic mass is 10.1. The van der Waals surface area contributed by atoms with Crippen LogP contribution < -0.4 is 5.32 Å². The van der Waals surface area contributed by atoms with Crippen molar-refractivity contribution < 1.29 is 28.7 Å². The van der Waals surface area contributed by atoms with Crippen LogP contribution in [0.5, 0.6) is 0 Å². The summed E-state index contributed by atoms with van der Waals surface area (Å²) in [6, 6.07) is -0.877. The van der Waals surface area contributed by atoms with Gasteiger partial charge in [0.2, 0.25) is 17.6 Å². The number of hydrogen-bond acceptors (Lipinski definition) is 7. The highest BCUT2D eigenvalue weighted by molar-refractivity contribution is 8.13. The molecule has 0 saturated heterocycles. The molecular weight excluding hydrogens is 372 g/mol. The average molecular weight is 403 g/mol. The standard InChI is InChI=1S/C18H30N2O6S/c1-6-12(5)16(23)19-13(17(24)20(7-2)8-3)11-27-15(22)10-14(21)18(25)26-9-4/h12-13H,6-11H2,1-5H3,(H,19,23). The van der Waals surface area contributed by atoms with Crippen LogP contribution in [0.25, 0.3) is 0 Å². The molecule has 9 heteroatoms. The Morgan fingerprint density at radius 1 is 1.04 bits per heavy atom. The van der Waals surface area contributed by atoms with Crippen LogP contribution in [0.2, 0.25) is 0 Å². The molecule has 0 radical (unpaired) electrons. The highest BCUT2D eigenvalue weighted by Gasteiger charge is 2.28. The topological polar surface area (TPSA) is 110 Å². The van der Waals surface area contributed by atoms with E-state index in [9.17, 15) is 24.0 Å². The minimum absolute atomic E-state index is 0.00749. The number of rotatable bonds is 12. The van der Waals surface area contributed by atoms with E-state index in [-0.39, 0.29) is 30.1 Å². The Hall–Kier alpha value is -1.90. The van der Waals surface area contributed by atoms with Crippen LogP contribution in [0.1, 0.15) is 47.5 Å². The summed E-state index contributed by atoms with van der Waals surface area (Å²) in [5.41, 5.74) is 0. The molecule has 154 valence electrons. The maximum atomic E-state index is 12.6. The first-order chi connectivity index (χ1) is 12.7. The highest BCUT2D eigenvalue weighted by atomic mass is 32.2. The number of esters is 1. The third kappa shape index (κ3) is 9.03. The van der Waals surface area contributed by atoms with Crippen LogP contribution in [0.4, 0.5) is 0 Å². The van der Waals surface area contributed by atoms with E-state index in [4.69, 9.17) is 0 Å². The Balaban J connectivity index is 4.95. The molecular formula is C18H30N2O6S. The molecule has 0 saturated carbocycles. The minimum Gasteiger partial charge on any atom is -0.460 e. The van der Waals surface area contributed by atoms with Crippen LogP contribution in [0.15, 0.2) is 0 Å². The van der Waals surface area contributed by atoms with Gasteiger partial charge in [0.1, 0.15) is 6.04 Å². The first-order valence-electron chi connectivity index (χ1n) is 9.16. The molecule has 8 nitrogen and oxygen atoms in total. The summed E-state index contributed by atoms with van der Waals surface area (Å²) in [5.74, 6) is -2.79. The smallest absolute Gasteiger partial charge is 0.375 e. The van der Waals surface area contributed by atoms with Crippen molar-refractivity contribution in [2.24, 2.45) is 5.92 Å². The average Bonchev–Trinajstić information content (AvgIpc) is 2.64. The van der Waals surface area contributed by atoms with E-state index < -0.39 is 29.3 Å². The molecule has 0 spiro atoms. The van der Waals surface area contributed by atoms with Gasteiger partial charge in [-0.15, -0.1) is 0 Å². The zero-order chi connectivity index (χ0) is 21.0. The van der Waals surface area contributed by atoms with Gasteiger partial charge in [-0.2, -0.15) is 0 Å². The lowest BCUT2D eigenvalue weighted by Crippen LogP contribution is -2.51. The van der Waals surface area contributed by atoms with Gasteiger partial charge >= 0.3 is 5.97 Å². The number of hydrogen-bond donors (Lipinski definition) is 1. The lowest BCUT2D eigenvalue weighted by molar-refractivity contribution is -0.154. The van der Waals surface area contributed by atoms with E-state index in [1.54, 1.807) is 18.7 Å². The lowest BCUT2D eigenvalue weighted by Gasteiger charge is -2.26. The maximum absolute atomic E-state index is 12.6. The molecule has 27 heavy (non-hydrogen) atoms. The van der Waals surface area contributed by atoms with Gasteiger partial charge in [-0.1, -0.05) is 25.6 Å². The number of thioether (sulfide) groups is 1. The number of nitrogens with one attached hydrogen (secondary N) is 1. The van der Waals surface area contributed by atoms with Crippen LogP contribution in [0, 0.1) is 5.92 Å². The zero-order valence-corrected chi connectivity index (χ0v) is 17.5. The number of carbonyl (C=O) groups is 5. The molecule has 2 atom stereocenters. The molecule has 0 aromatic carbocycles. The van der Waals surface area contributed by atoms with Crippen molar-refractivity contribution >= 4 is 40.4 Å². The molecule has 0 aromatic rings. The van der Waals surface area contributed by atoms with Gasteiger partial charge in [-0.25, -0.2) is 4.79 Å². The van der Waals surface area contributed by atoms with Gasteiger partial charge in [0, 0.05) is 24.8 Å². The Morgan fingerprint density at radius 2 is 1.63 bits per heavy atom. The summed E-state index contributed by atoms with van der Waals surface area (Å²) in [7, 11) is 0. The van der Waals surface area contributed by atoms with E-state index in [0.717, 1.165) is 11.8 Å². The second-order valence-electron chi connectivity index (χ2n) is 5.88. The van der Waals surface area contributed by atoms with E-state index >= 15 is 0 Å². The fraction of sp³-hybridized carbons (Fsp3) is 0.722. The van der Waals surface area contributed by atoms with Crippen molar-refractivity contribution in [2.45, 2.75) is 53.5 Å². The second-order valence-corrected chi connectivity index (χ2v) is 6.96. The number of amides is 2.